The topological polar surface area (TPSA) is 35.7 Å². The van der Waals surface area contributed by atoms with Gasteiger partial charge >= 0.3 is 12.4 Å². The van der Waals surface area contributed by atoms with E-state index in [2.05, 4.69) is 11.8 Å². The van der Waals surface area contributed by atoms with E-state index in [-0.39, 0.29) is 30.1 Å². The number of likely N-dealkylation sites (N-methyl/N-ethyl adjacent to an activating group) is 1. The zero-order valence-electron chi connectivity index (χ0n) is 25.0. The van der Waals surface area contributed by atoms with Crippen molar-refractivity contribution in [3.63, 3.8) is 0 Å². The van der Waals surface area contributed by atoms with Gasteiger partial charge in [-0.15, -0.1) is 0 Å². The van der Waals surface area contributed by atoms with E-state index in [4.69, 9.17) is 29.0 Å². The standard InChI is InChI=1S/C33H36Cl2F6N4/c1-3-44-11-12-45(42)20-31(44,24-15-25(32(36,37)38)17-26(16-24)33(39,40)41)28-13-21(2)43(18-22-7-5-4-6-8-22)19-27(28)23-9-10-29(34)30(35)14-23/h4-10,14-17,21,27-28H,3,11-13,18-20,42H2,1-2H3. The summed E-state index contributed by atoms with van der Waals surface area (Å²) < 4.78 is 85.3. The van der Waals surface area contributed by atoms with E-state index in [1.807, 2.05) is 48.2 Å². The fourth-order valence-corrected chi connectivity index (χ4v) is 7.62. The van der Waals surface area contributed by atoms with E-state index in [9.17, 15) is 26.3 Å². The van der Waals surface area contributed by atoms with Gasteiger partial charge in [0, 0.05) is 44.7 Å². The molecule has 0 spiro atoms. The van der Waals surface area contributed by atoms with E-state index >= 15 is 0 Å². The SMILES string of the molecule is CCN1CCN(N)CC1(c1cc(C(F)(F)F)cc(C(F)(F)F)c1)C1CC(C)N(Cc2ccccc2)CC1c1ccc(Cl)c(Cl)c1. The molecule has 2 N–H and O–H groups in total. The number of nitrogens with two attached hydrogens (primary N) is 1. The molecule has 3 aromatic rings. The van der Waals surface area contributed by atoms with Crippen LogP contribution in [-0.4, -0.2) is 53.6 Å². The third-order valence-electron chi connectivity index (χ3n) is 9.48. The third kappa shape index (κ3) is 7.01. The van der Waals surface area contributed by atoms with Crippen molar-refractivity contribution in [1.82, 2.24) is 14.8 Å². The van der Waals surface area contributed by atoms with Crippen molar-refractivity contribution in [2.75, 3.05) is 32.7 Å². The molecule has 2 heterocycles. The predicted molar refractivity (Wildman–Crippen MR) is 165 cm³/mol. The predicted octanol–water partition coefficient (Wildman–Crippen LogP) is 8.43. The Kier molecular flexibility index (Phi) is 9.86. The van der Waals surface area contributed by atoms with Crippen LogP contribution >= 0.6 is 23.2 Å². The first kappa shape index (κ1) is 34.0. The number of piperazine rings is 1. The van der Waals surface area contributed by atoms with Gasteiger partial charge in [-0.2, -0.15) is 26.3 Å². The van der Waals surface area contributed by atoms with Crippen molar-refractivity contribution in [3.8, 4) is 0 Å². The van der Waals surface area contributed by atoms with Crippen LogP contribution in [0.15, 0.2) is 66.7 Å². The van der Waals surface area contributed by atoms with Crippen molar-refractivity contribution in [3.05, 3.63) is 105 Å². The molecule has 0 aliphatic carbocycles. The first-order valence-corrected chi connectivity index (χ1v) is 15.7. The largest absolute Gasteiger partial charge is 0.416 e. The first-order valence-electron chi connectivity index (χ1n) is 14.9. The Morgan fingerprint density at radius 3 is 2.09 bits per heavy atom. The Morgan fingerprint density at radius 2 is 1.51 bits per heavy atom. The highest BCUT2D eigenvalue weighted by Gasteiger charge is 2.54. The van der Waals surface area contributed by atoms with Gasteiger partial charge in [0.1, 0.15) is 0 Å². The van der Waals surface area contributed by atoms with Gasteiger partial charge in [-0.1, -0.05) is 66.5 Å². The summed E-state index contributed by atoms with van der Waals surface area (Å²) in [4.78, 5) is 4.32. The van der Waals surface area contributed by atoms with E-state index in [0.717, 1.165) is 23.3 Å². The molecule has 0 aromatic heterocycles. The summed E-state index contributed by atoms with van der Waals surface area (Å²) in [5.74, 6) is 5.66. The number of halogens is 8. The zero-order valence-corrected chi connectivity index (χ0v) is 26.5. The number of likely N-dealkylation sites (tertiary alicyclic amines) is 1. The number of nitrogens with zero attached hydrogens (tertiary/aromatic N) is 3. The van der Waals surface area contributed by atoms with Crippen LogP contribution in [0, 0.1) is 5.92 Å². The van der Waals surface area contributed by atoms with Crippen molar-refractivity contribution in [2.45, 2.75) is 56.7 Å². The number of hydrazine groups is 1. The summed E-state index contributed by atoms with van der Waals surface area (Å²) in [7, 11) is 0. The summed E-state index contributed by atoms with van der Waals surface area (Å²) in [5.41, 5.74) is -2.09. The molecule has 4 unspecified atom stereocenters. The van der Waals surface area contributed by atoms with Crippen LogP contribution in [0.1, 0.15) is 54.0 Å². The minimum absolute atomic E-state index is 0.0413. The molecule has 0 radical (unpaired) electrons. The molecule has 5 rings (SSSR count). The molecule has 0 bridgehead atoms. The molecule has 0 amide bonds. The second-order valence-electron chi connectivity index (χ2n) is 12.2. The lowest BCUT2D eigenvalue weighted by atomic mass is 9.63. The number of alkyl halides is 6. The molecule has 2 aliphatic rings. The van der Waals surface area contributed by atoms with Crippen molar-refractivity contribution >= 4 is 23.2 Å². The molecule has 3 aromatic carbocycles. The van der Waals surface area contributed by atoms with Crippen LogP contribution in [0.5, 0.6) is 0 Å². The molecule has 4 nitrogen and oxygen atoms in total. The summed E-state index contributed by atoms with van der Waals surface area (Å²) in [6.45, 7) is 6.29. The van der Waals surface area contributed by atoms with Crippen LogP contribution < -0.4 is 5.84 Å². The van der Waals surface area contributed by atoms with Crippen LogP contribution in [0.3, 0.4) is 0 Å². The molecule has 45 heavy (non-hydrogen) atoms. The number of hydrogen-bond acceptors (Lipinski definition) is 4. The minimum Gasteiger partial charge on any atom is -0.296 e. The summed E-state index contributed by atoms with van der Waals surface area (Å²) >= 11 is 12.8. The highest BCUT2D eigenvalue weighted by molar-refractivity contribution is 6.42. The average molecular weight is 674 g/mol. The smallest absolute Gasteiger partial charge is 0.296 e. The van der Waals surface area contributed by atoms with Crippen LogP contribution in [0.2, 0.25) is 10.0 Å². The van der Waals surface area contributed by atoms with E-state index in [0.29, 0.717) is 49.2 Å². The minimum atomic E-state index is -4.99. The third-order valence-corrected chi connectivity index (χ3v) is 10.2. The van der Waals surface area contributed by atoms with Crippen LogP contribution in [0.4, 0.5) is 26.3 Å². The lowest BCUT2D eigenvalue weighted by molar-refractivity contribution is -0.143. The number of rotatable bonds is 6. The zero-order chi connectivity index (χ0) is 32.7. The lowest BCUT2D eigenvalue weighted by Crippen LogP contribution is -2.67. The van der Waals surface area contributed by atoms with Crippen molar-refractivity contribution in [2.24, 2.45) is 11.8 Å². The highest BCUT2D eigenvalue weighted by atomic mass is 35.5. The molecule has 244 valence electrons. The first-order chi connectivity index (χ1) is 21.1. The van der Waals surface area contributed by atoms with Gasteiger partial charge in [0.15, 0.2) is 0 Å². The van der Waals surface area contributed by atoms with Gasteiger partial charge in [0.2, 0.25) is 0 Å². The molecule has 0 saturated carbocycles. The second kappa shape index (κ2) is 13.0. The maximum absolute atomic E-state index is 14.2. The Balaban J connectivity index is 1.74. The second-order valence-corrected chi connectivity index (χ2v) is 13.0. The monoisotopic (exact) mass is 672 g/mol. The summed E-state index contributed by atoms with van der Waals surface area (Å²) in [6, 6.07) is 17.1. The van der Waals surface area contributed by atoms with Gasteiger partial charge in [-0.25, -0.2) is 5.01 Å². The van der Waals surface area contributed by atoms with E-state index in [1.165, 1.54) is 5.01 Å². The van der Waals surface area contributed by atoms with Crippen LogP contribution in [0.25, 0.3) is 0 Å². The highest BCUT2D eigenvalue weighted by Crippen LogP contribution is 2.52. The molecule has 4 atom stereocenters. The van der Waals surface area contributed by atoms with E-state index in [1.54, 1.807) is 12.1 Å². The van der Waals surface area contributed by atoms with Crippen molar-refractivity contribution < 1.29 is 26.3 Å². The number of benzene rings is 3. The van der Waals surface area contributed by atoms with Gasteiger partial charge in [-0.3, -0.25) is 15.6 Å². The average Bonchev–Trinajstić information content (AvgIpc) is 2.98. The maximum atomic E-state index is 14.2. The molecule has 2 fully saturated rings. The normalized spacial score (nSPS) is 25.9. The van der Waals surface area contributed by atoms with Gasteiger partial charge in [0.05, 0.1) is 26.7 Å². The van der Waals surface area contributed by atoms with Crippen LogP contribution in [-0.2, 0) is 24.4 Å². The molecular formula is C33H36Cl2F6N4. The molecule has 2 aliphatic heterocycles. The Hall–Kier alpha value is -2.34. The van der Waals surface area contributed by atoms with Crippen molar-refractivity contribution in [1.29, 1.82) is 0 Å². The van der Waals surface area contributed by atoms with E-state index < -0.39 is 34.9 Å². The summed E-state index contributed by atoms with van der Waals surface area (Å²) in [5, 5.41) is 2.20. The lowest BCUT2D eigenvalue weighted by Gasteiger charge is -2.59. The molecule has 12 heteroatoms. The number of piperidine rings is 1. The Labute approximate surface area is 269 Å². The Morgan fingerprint density at radius 1 is 0.867 bits per heavy atom. The fraction of sp³-hybridized carbons (Fsp3) is 0.455. The molecular weight excluding hydrogens is 637 g/mol. The number of hydrogen-bond donors (Lipinski definition) is 1. The summed E-state index contributed by atoms with van der Waals surface area (Å²) in [6.07, 6.45) is -9.48. The van der Waals surface area contributed by atoms with Gasteiger partial charge in [0.25, 0.3) is 0 Å². The quantitative estimate of drug-likeness (QED) is 0.211. The molecule has 2 saturated heterocycles. The van der Waals surface area contributed by atoms with Gasteiger partial charge in [-0.05, 0) is 72.8 Å². The Bertz CT molecular complexity index is 1450. The van der Waals surface area contributed by atoms with Gasteiger partial charge < -0.3 is 0 Å². The fourth-order valence-electron chi connectivity index (χ4n) is 7.31. The maximum Gasteiger partial charge on any atom is 0.416 e.